The predicted molar refractivity (Wildman–Crippen MR) is 112 cm³/mol. The van der Waals surface area contributed by atoms with Crippen molar-refractivity contribution in [3.05, 3.63) is 69.6 Å². The molecule has 1 fully saturated rings. The normalized spacial score (nSPS) is 19.7. The Balaban J connectivity index is 1.71. The predicted octanol–water partition coefficient (Wildman–Crippen LogP) is 4.05. The molecule has 0 N–H and O–H groups in total. The van der Waals surface area contributed by atoms with E-state index in [4.69, 9.17) is 4.74 Å². The van der Waals surface area contributed by atoms with Crippen LogP contribution in [0, 0.1) is 5.82 Å². The molecule has 1 aliphatic heterocycles. The number of hydrogen-bond acceptors (Lipinski definition) is 5. The van der Waals surface area contributed by atoms with Crippen LogP contribution in [0.4, 0.5) is 4.39 Å². The van der Waals surface area contributed by atoms with Crippen molar-refractivity contribution in [3.8, 4) is 5.75 Å². The average molecular weight is 461 g/mol. The van der Waals surface area contributed by atoms with E-state index in [1.165, 1.54) is 12.1 Å². The highest BCUT2D eigenvalue weighted by Gasteiger charge is 2.34. The zero-order valence-corrected chi connectivity index (χ0v) is 17.9. The smallest absolute Gasteiger partial charge is 0.153 e. The van der Waals surface area contributed by atoms with Gasteiger partial charge in [0.1, 0.15) is 29.9 Å². The molecule has 0 amide bonds. The van der Waals surface area contributed by atoms with E-state index in [2.05, 4.69) is 21.9 Å². The van der Waals surface area contributed by atoms with E-state index in [9.17, 15) is 14.0 Å². The lowest BCUT2D eigenvalue weighted by atomic mass is 10.0. The molecule has 2 atom stereocenters. The second kappa shape index (κ2) is 9.35. The Kier molecular flexibility index (Phi) is 6.85. The third kappa shape index (κ3) is 4.93. The highest BCUT2D eigenvalue weighted by Crippen LogP contribution is 2.27. The van der Waals surface area contributed by atoms with Gasteiger partial charge >= 0.3 is 0 Å². The maximum absolute atomic E-state index is 13.2. The first-order chi connectivity index (χ1) is 13.9. The Labute approximate surface area is 177 Å². The number of hydrogen-bond donors (Lipinski definition) is 0. The SMILES string of the molecule is C[C@@H]1C(=C=O)N(Cc2ccc(F)cc2)[C@@H](C)CN1COc1ccc(Br)cc1C=O. The van der Waals surface area contributed by atoms with Crippen LogP contribution in [0.25, 0.3) is 0 Å². The molecule has 2 aromatic carbocycles. The van der Waals surface area contributed by atoms with Gasteiger partial charge in [-0.1, -0.05) is 28.1 Å². The molecule has 0 radical (unpaired) electrons. The first-order valence-corrected chi connectivity index (χ1v) is 10.1. The van der Waals surface area contributed by atoms with E-state index in [1.807, 2.05) is 29.7 Å². The van der Waals surface area contributed by atoms with Crippen molar-refractivity contribution in [2.75, 3.05) is 13.3 Å². The minimum Gasteiger partial charge on any atom is -0.477 e. The minimum atomic E-state index is -0.286. The number of aldehydes is 1. The van der Waals surface area contributed by atoms with E-state index in [-0.39, 0.29) is 24.6 Å². The van der Waals surface area contributed by atoms with Gasteiger partial charge in [-0.05, 0) is 49.7 Å². The van der Waals surface area contributed by atoms with Crippen LogP contribution in [0.2, 0.25) is 0 Å². The van der Waals surface area contributed by atoms with Crippen molar-refractivity contribution in [1.29, 1.82) is 0 Å². The van der Waals surface area contributed by atoms with Crippen LogP contribution in [0.5, 0.6) is 5.75 Å². The average Bonchev–Trinajstić information content (AvgIpc) is 2.71. The van der Waals surface area contributed by atoms with Gasteiger partial charge in [0, 0.05) is 23.6 Å². The van der Waals surface area contributed by atoms with Crippen molar-refractivity contribution >= 4 is 28.2 Å². The van der Waals surface area contributed by atoms with Crippen LogP contribution in [0.15, 0.2) is 52.6 Å². The van der Waals surface area contributed by atoms with Crippen molar-refractivity contribution in [1.82, 2.24) is 9.80 Å². The van der Waals surface area contributed by atoms with Gasteiger partial charge in [0.05, 0.1) is 11.6 Å². The molecule has 2 aromatic rings. The number of piperazine rings is 1. The Morgan fingerprint density at radius 1 is 1.24 bits per heavy atom. The van der Waals surface area contributed by atoms with Crippen LogP contribution >= 0.6 is 15.9 Å². The highest BCUT2D eigenvalue weighted by molar-refractivity contribution is 9.10. The molecular weight excluding hydrogens is 439 g/mol. The molecule has 1 aliphatic rings. The maximum Gasteiger partial charge on any atom is 0.153 e. The second-order valence-electron chi connectivity index (χ2n) is 7.11. The Hall–Kier alpha value is -2.47. The molecule has 3 rings (SSSR count). The van der Waals surface area contributed by atoms with Crippen molar-refractivity contribution in [3.63, 3.8) is 0 Å². The number of carbonyl (C=O) groups excluding carboxylic acids is 2. The van der Waals surface area contributed by atoms with Gasteiger partial charge in [0.15, 0.2) is 6.29 Å². The molecule has 0 saturated carbocycles. The molecule has 7 heteroatoms. The van der Waals surface area contributed by atoms with Crippen LogP contribution < -0.4 is 4.74 Å². The summed E-state index contributed by atoms with van der Waals surface area (Å²) in [6.45, 7) is 5.36. The summed E-state index contributed by atoms with van der Waals surface area (Å²) in [7, 11) is 0. The summed E-state index contributed by atoms with van der Waals surface area (Å²) in [5.74, 6) is 2.29. The van der Waals surface area contributed by atoms with Gasteiger partial charge in [-0.2, -0.15) is 0 Å². The second-order valence-corrected chi connectivity index (χ2v) is 8.03. The van der Waals surface area contributed by atoms with Crippen molar-refractivity contribution in [2.24, 2.45) is 0 Å². The van der Waals surface area contributed by atoms with Crippen LogP contribution in [0.1, 0.15) is 29.8 Å². The van der Waals surface area contributed by atoms with Crippen molar-refractivity contribution < 1.29 is 18.7 Å². The summed E-state index contributed by atoms with van der Waals surface area (Å²) < 4.78 is 19.8. The van der Waals surface area contributed by atoms with Gasteiger partial charge < -0.3 is 9.64 Å². The fourth-order valence-corrected chi connectivity index (χ4v) is 3.86. The zero-order valence-electron chi connectivity index (χ0n) is 16.3. The van der Waals surface area contributed by atoms with E-state index < -0.39 is 0 Å². The van der Waals surface area contributed by atoms with Gasteiger partial charge in [0.2, 0.25) is 0 Å². The molecule has 0 spiro atoms. The topological polar surface area (TPSA) is 49.9 Å². The third-order valence-electron chi connectivity index (χ3n) is 5.14. The van der Waals surface area contributed by atoms with Crippen molar-refractivity contribution in [2.45, 2.75) is 32.5 Å². The minimum absolute atomic E-state index is 0.0340. The largest absolute Gasteiger partial charge is 0.477 e. The third-order valence-corrected chi connectivity index (χ3v) is 5.63. The molecule has 1 saturated heterocycles. The first-order valence-electron chi connectivity index (χ1n) is 9.30. The van der Waals surface area contributed by atoms with Crippen LogP contribution in [0.3, 0.4) is 0 Å². The standard InChI is InChI=1S/C22H22BrFN2O3/c1-15-10-25(14-29-22-8-5-19(23)9-18(22)12-27)16(2)21(13-28)26(15)11-17-3-6-20(24)7-4-17/h3-9,12,15-16H,10-11,14H2,1-2H3/t15-,16+/m0/s1. The number of nitrogens with zero attached hydrogens (tertiary/aromatic N) is 2. The molecule has 0 aromatic heterocycles. The molecule has 5 nitrogen and oxygen atoms in total. The number of halogens is 2. The van der Waals surface area contributed by atoms with Gasteiger partial charge in [-0.3, -0.25) is 9.69 Å². The molecule has 29 heavy (non-hydrogen) atoms. The zero-order chi connectivity index (χ0) is 21.0. The fraction of sp³-hybridized carbons (Fsp3) is 0.318. The monoisotopic (exact) mass is 460 g/mol. The summed E-state index contributed by atoms with van der Waals surface area (Å²) in [6, 6.07) is 11.4. The quantitative estimate of drug-likeness (QED) is 0.480. The summed E-state index contributed by atoms with van der Waals surface area (Å²) in [5.41, 5.74) is 1.91. The number of ether oxygens (including phenoxy) is 1. The molecule has 0 bridgehead atoms. The van der Waals surface area contributed by atoms with Gasteiger partial charge in [-0.25, -0.2) is 9.18 Å². The lowest BCUT2D eigenvalue weighted by molar-refractivity contribution is 0.0283. The summed E-state index contributed by atoms with van der Waals surface area (Å²) in [4.78, 5) is 27.1. The lowest BCUT2D eigenvalue weighted by Crippen LogP contribution is -2.55. The van der Waals surface area contributed by atoms with Crippen LogP contribution in [-0.2, 0) is 11.3 Å². The Morgan fingerprint density at radius 3 is 2.62 bits per heavy atom. The molecule has 0 aliphatic carbocycles. The van der Waals surface area contributed by atoms with Gasteiger partial charge in [-0.15, -0.1) is 0 Å². The van der Waals surface area contributed by atoms with E-state index in [1.54, 1.807) is 24.3 Å². The van der Waals surface area contributed by atoms with E-state index in [0.717, 1.165) is 16.3 Å². The number of carbonyl (C=O) groups is 1. The van der Waals surface area contributed by atoms with E-state index in [0.29, 0.717) is 30.1 Å². The Morgan fingerprint density at radius 2 is 1.97 bits per heavy atom. The summed E-state index contributed by atoms with van der Waals surface area (Å²) in [6.07, 6.45) is 0.754. The molecule has 0 unspecified atom stereocenters. The fourth-order valence-electron chi connectivity index (χ4n) is 3.48. The number of rotatable bonds is 6. The highest BCUT2D eigenvalue weighted by atomic mass is 79.9. The van der Waals surface area contributed by atoms with Gasteiger partial charge in [0.25, 0.3) is 0 Å². The molecule has 1 heterocycles. The first kappa shape index (κ1) is 21.2. The lowest BCUT2D eigenvalue weighted by Gasteiger charge is -2.45. The number of benzene rings is 2. The Bertz CT molecular complexity index is 928. The summed E-state index contributed by atoms with van der Waals surface area (Å²) in [5, 5.41) is 0. The molecule has 152 valence electrons. The summed E-state index contributed by atoms with van der Waals surface area (Å²) >= 11 is 3.34. The van der Waals surface area contributed by atoms with E-state index >= 15 is 0 Å². The van der Waals surface area contributed by atoms with Crippen LogP contribution in [-0.4, -0.2) is 47.4 Å². The maximum atomic E-state index is 13.2. The molecular formula is C22H22BrFN2O3.